The van der Waals surface area contributed by atoms with Gasteiger partial charge in [0, 0.05) is 28.8 Å². The zero-order valence-corrected chi connectivity index (χ0v) is 29.6. The van der Waals surface area contributed by atoms with Gasteiger partial charge in [-0.25, -0.2) is 4.99 Å². The summed E-state index contributed by atoms with van der Waals surface area (Å²) >= 11 is 0. The fraction of sp³-hybridized carbons (Fsp3) is 0.0851. The molecule has 0 saturated heterocycles. The predicted octanol–water partition coefficient (Wildman–Crippen LogP) is 11.9. The van der Waals surface area contributed by atoms with Gasteiger partial charge >= 0.3 is 0 Å². The lowest BCUT2D eigenvalue weighted by Gasteiger charge is -2.22. The number of pyridine rings is 1. The van der Waals surface area contributed by atoms with Gasteiger partial charge in [0.15, 0.2) is 28.8 Å². The number of aliphatic imine (C=N–C) groups is 1. The number of nitrogens with one attached hydrogen (secondary N) is 2. The van der Waals surface area contributed by atoms with Crippen LogP contribution in [0, 0.1) is 5.41 Å². The summed E-state index contributed by atoms with van der Waals surface area (Å²) in [5.41, 5.74) is 7.55. The first-order valence-corrected chi connectivity index (χ1v) is 17.7. The topological polar surface area (TPSA) is 79.6 Å². The Morgan fingerprint density at radius 1 is 0.755 bits per heavy atom. The maximum atomic E-state index is 9.09. The first-order valence-electron chi connectivity index (χ1n) is 17.7. The minimum Gasteiger partial charge on any atom is -0.450 e. The molecule has 1 aromatic heterocycles. The van der Waals surface area contributed by atoms with Crippen molar-refractivity contribution in [3.8, 4) is 45.3 Å². The number of benzene rings is 5. The average Bonchev–Trinajstić information content (AvgIpc) is 3.20. The quantitative estimate of drug-likeness (QED) is 0.0803. The van der Waals surface area contributed by atoms with E-state index in [-0.39, 0.29) is 11.9 Å². The minimum atomic E-state index is -0.115. The third-order valence-electron chi connectivity index (χ3n) is 9.11. The molecule has 0 fully saturated rings. The first-order chi connectivity index (χ1) is 26.0. The molecule has 0 aliphatic carbocycles. The Morgan fingerprint density at radius 2 is 1.51 bits per heavy atom. The Labute approximate surface area is 310 Å². The molecule has 2 heterocycles. The second-order valence-electron chi connectivity index (χ2n) is 12.7. The van der Waals surface area contributed by atoms with Crippen molar-refractivity contribution in [3.63, 3.8) is 0 Å². The summed E-state index contributed by atoms with van der Waals surface area (Å²) < 4.78 is 12.5. The van der Waals surface area contributed by atoms with E-state index >= 15 is 0 Å². The van der Waals surface area contributed by atoms with Crippen molar-refractivity contribution < 1.29 is 9.47 Å². The van der Waals surface area contributed by atoms with Gasteiger partial charge in [-0.05, 0) is 102 Å². The molecule has 0 bridgehead atoms. The van der Waals surface area contributed by atoms with Crippen LogP contribution in [0.15, 0.2) is 182 Å². The van der Waals surface area contributed by atoms with Crippen LogP contribution in [0.5, 0.6) is 23.0 Å². The average molecular weight is 693 g/mol. The minimum absolute atomic E-state index is 0.115. The molecular formula is C47H40N4O2. The van der Waals surface area contributed by atoms with E-state index in [0.717, 1.165) is 62.7 Å². The van der Waals surface area contributed by atoms with E-state index in [4.69, 9.17) is 19.9 Å². The Morgan fingerprint density at radius 3 is 2.30 bits per heavy atom. The van der Waals surface area contributed by atoms with E-state index in [9.17, 15) is 0 Å². The van der Waals surface area contributed by atoms with E-state index < -0.39 is 0 Å². The second kappa shape index (κ2) is 16.0. The van der Waals surface area contributed by atoms with E-state index in [1.54, 1.807) is 6.08 Å². The summed E-state index contributed by atoms with van der Waals surface area (Å²) in [6.07, 6.45) is 13.2. The zero-order valence-electron chi connectivity index (χ0n) is 29.6. The van der Waals surface area contributed by atoms with E-state index in [1.807, 2.05) is 109 Å². The highest BCUT2D eigenvalue weighted by atomic mass is 16.6. The molecule has 2 N–H and O–H groups in total. The highest BCUT2D eigenvalue weighted by molar-refractivity contribution is 6.11. The van der Waals surface area contributed by atoms with Gasteiger partial charge in [0.25, 0.3) is 0 Å². The molecule has 1 aliphatic rings. The largest absolute Gasteiger partial charge is 0.450 e. The number of hydrogen-bond acceptors (Lipinski definition) is 4. The maximum Gasteiger partial charge on any atom is 0.170 e. The molecule has 1 atom stereocenters. The molecule has 6 nitrogen and oxygen atoms in total. The molecular weight excluding hydrogens is 653 g/mol. The third kappa shape index (κ3) is 7.92. The van der Waals surface area contributed by atoms with E-state index in [2.05, 4.69) is 72.9 Å². The van der Waals surface area contributed by atoms with Crippen molar-refractivity contribution in [2.24, 2.45) is 4.99 Å². The lowest BCUT2D eigenvalue weighted by atomic mass is 9.93. The van der Waals surface area contributed by atoms with Crippen LogP contribution in [0.2, 0.25) is 0 Å². The number of para-hydroxylation sites is 2. The fourth-order valence-corrected chi connectivity index (χ4v) is 6.44. The summed E-state index contributed by atoms with van der Waals surface area (Å²) in [7, 11) is 0. The molecule has 6 heteroatoms. The fourth-order valence-electron chi connectivity index (χ4n) is 6.44. The number of aromatic nitrogens is 1. The third-order valence-corrected chi connectivity index (χ3v) is 9.11. The van der Waals surface area contributed by atoms with Gasteiger partial charge in [0.2, 0.25) is 0 Å². The Hall–Kier alpha value is -6.79. The normalized spacial score (nSPS) is 13.0. The van der Waals surface area contributed by atoms with Crippen molar-refractivity contribution in [1.82, 2.24) is 10.3 Å². The van der Waals surface area contributed by atoms with Gasteiger partial charge in [0.05, 0.1) is 5.52 Å². The molecule has 260 valence electrons. The molecule has 53 heavy (non-hydrogen) atoms. The molecule has 0 unspecified atom stereocenters. The predicted molar refractivity (Wildman–Crippen MR) is 218 cm³/mol. The highest BCUT2D eigenvalue weighted by Crippen LogP contribution is 2.46. The Balaban J connectivity index is 1.37. The van der Waals surface area contributed by atoms with Crippen LogP contribution >= 0.6 is 0 Å². The Kier molecular flexibility index (Phi) is 10.5. The van der Waals surface area contributed by atoms with Gasteiger partial charge < -0.3 is 14.8 Å². The monoisotopic (exact) mass is 692 g/mol. The summed E-state index contributed by atoms with van der Waals surface area (Å²) in [5.74, 6) is 3.38. The Bertz CT molecular complexity index is 2400. The number of fused-ring (bicyclic) bond motifs is 3. The van der Waals surface area contributed by atoms with Gasteiger partial charge in [-0.2, -0.15) is 0 Å². The van der Waals surface area contributed by atoms with Gasteiger partial charge in [-0.3, -0.25) is 10.4 Å². The maximum absolute atomic E-state index is 9.09. The SMILES string of the molecule is C=C/C=C\CC/C(=C\C=C)[C@H](C)NC(=NC(=N)c1ccccc1)c1cc(-c2ccc3c(c2)Oc2ccccc2O3)cc(-c2cccc3ncccc23)c1. The van der Waals surface area contributed by atoms with Crippen molar-refractivity contribution in [2.45, 2.75) is 25.8 Å². The second-order valence-corrected chi connectivity index (χ2v) is 12.7. The van der Waals surface area contributed by atoms with Gasteiger partial charge in [-0.1, -0.05) is 110 Å². The van der Waals surface area contributed by atoms with Crippen molar-refractivity contribution in [3.05, 3.63) is 188 Å². The lowest BCUT2D eigenvalue weighted by molar-refractivity contribution is 0.360. The van der Waals surface area contributed by atoms with Crippen LogP contribution in [-0.4, -0.2) is 22.7 Å². The standard InChI is InChI=1S/C47H40N4O2/c1-4-6-7-9-17-33(16-5-2)32(3)50-47(51-46(48)34-18-10-8-11-19-34)38-29-36(28-37(30-38)39-20-14-22-41-40(39)21-15-27-49-41)35-25-26-44-45(31-35)53-43-24-13-12-23-42(43)52-44/h4-8,10-16,18-32H,1-2,9,17H2,3H3,(H2,48,50,51)/b7-6-,33-16+/t32-/m0/s1. The number of ether oxygens (including phenoxy) is 2. The number of amidine groups is 2. The van der Waals surface area contributed by atoms with Crippen LogP contribution < -0.4 is 14.8 Å². The molecule has 0 amide bonds. The number of nitrogens with zero attached hydrogens (tertiary/aromatic N) is 2. The van der Waals surface area contributed by atoms with Crippen LogP contribution in [0.4, 0.5) is 0 Å². The molecule has 1 aliphatic heterocycles. The summed E-state index contributed by atoms with van der Waals surface area (Å²) in [4.78, 5) is 9.63. The van der Waals surface area contributed by atoms with Crippen LogP contribution in [0.25, 0.3) is 33.2 Å². The van der Waals surface area contributed by atoms with Gasteiger partial charge in [-0.15, -0.1) is 0 Å². The smallest absolute Gasteiger partial charge is 0.170 e. The molecule has 5 aromatic carbocycles. The van der Waals surface area contributed by atoms with Crippen molar-refractivity contribution in [2.75, 3.05) is 0 Å². The summed E-state index contributed by atoms with van der Waals surface area (Å²) in [6.45, 7) is 9.90. The highest BCUT2D eigenvalue weighted by Gasteiger charge is 2.21. The molecule has 0 spiro atoms. The molecule has 7 rings (SSSR count). The number of rotatable bonds is 11. The summed E-state index contributed by atoms with van der Waals surface area (Å²) in [6, 6.07) is 39.8. The van der Waals surface area contributed by atoms with Crippen LogP contribution in [0.1, 0.15) is 30.9 Å². The zero-order chi connectivity index (χ0) is 36.6. The molecule has 6 aromatic rings. The van der Waals surface area contributed by atoms with Gasteiger partial charge in [0.1, 0.15) is 5.84 Å². The molecule has 0 radical (unpaired) electrons. The van der Waals surface area contributed by atoms with Crippen molar-refractivity contribution >= 4 is 22.6 Å². The number of allylic oxidation sites excluding steroid dienone is 5. The first kappa shape index (κ1) is 34.6. The molecule has 0 saturated carbocycles. The lowest BCUT2D eigenvalue weighted by Crippen LogP contribution is -2.35. The van der Waals surface area contributed by atoms with Crippen molar-refractivity contribution in [1.29, 1.82) is 5.41 Å². The van der Waals surface area contributed by atoms with E-state index in [0.29, 0.717) is 28.8 Å². The summed E-state index contributed by atoms with van der Waals surface area (Å²) in [5, 5.41) is 13.8. The van der Waals surface area contributed by atoms with E-state index in [1.165, 1.54) is 0 Å². The van der Waals surface area contributed by atoms with Crippen LogP contribution in [-0.2, 0) is 0 Å². The number of hydrogen-bond donors (Lipinski definition) is 2. The van der Waals surface area contributed by atoms with Crippen LogP contribution in [0.3, 0.4) is 0 Å².